The number of para-hydroxylation sites is 2. The Morgan fingerprint density at radius 2 is 1.56 bits per heavy atom. The number of pyridine rings is 1. The molecule has 2 fully saturated rings. The molecule has 214 valence electrons. The number of benzene rings is 2. The van der Waals surface area contributed by atoms with Crippen LogP contribution in [0.25, 0.3) is 0 Å². The molecule has 0 aliphatic carbocycles. The molecule has 2 aromatic carbocycles. The van der Waals surface area contributed by atoms with Crippen molar-refractivity contribution in [2.24, 2.45) is 0 Å². The second kappa shape index (κ2) is 11.8. The maximum Gasteiger partial charge on any atom is 0.272 e. The highest BCUT2D eigenvalue weighted by atomic mass is 32.2. The number of aromatic nitrogens is 1. The minimum absolute atomic E-state index is 0.0822. The Balaban J connectivity index is 1.24. The van der Waals surface area contributed by atoms with Crippen LogP contribution in [0.3, 0.4) is 0 Å². The van der Waals surface area contributed by atoms with Gasteiger partial charge >= 0.3 is 0 Å². The van der Waals surface area contributed by atoms with Crippen molar-refractivity contribution >= 4 is 32.8 Å². The van der Waals surface area contributed by atoms with Crippen LogP contribution in [-0.2, 0) is 9.73 Å². The molecule has 2 N–H and O–H groups in total. The number of nitrogens with zero attached hydrogens (tertiary/aromatic N) is 5. The van der Waals surface area contributed by atoms with E-state index in [1.807, 2.05) is 67.3 Å². The summed E-state index contributed by atoms with van der Waals surface area (Å²) in [5.74, 6) is 0.664. The van der Waals surface area contributed by atoms with Gasteiger partial charge in [0, 0.05) is 51.6 Å². The molecule has 0 saturated carbocycles. The maximum atomic E-state index is 13.6. The Morgan fingerprint density at radius 3 is 2.22 bits per heavy atom. The molecule has 2 aliphatic heterocycles. The first-order chi connectivity index (χ1) is 19.7. The van der Waals surface area contributed by atoms with Crippen LogP contribution in [0.5, 0.6) is 0 Å². The van der Waals surface area contributed by atoms with Gasteiger partial charge in [0.25, 0.3) is 5.91 Å². The topological polar surface area (TPSA) is 116 Å². The lowest BCUT2D eigenvalue weighted by atomic mass is 10.0. The van der Waals surface area contributed by atoms with Crippen molar-refractivity contribution in [3.05, 3.63) is 77.0 Å². The van der Waals surface area contributed by atoms with E-state index in [-0.39, 0.29) is 11.9 Å². The number of piperazine rings is 1. The van der Waals surface area contributed by atoms with Crippen molar-refractivity contribution in [2.75, 3.05) is 60.6 Å². The number of aryl methyl sites for hydroxylation is 2. The van der Waals surface area contributed by atoms with Crippen molar-refractivity contribution in [2.45, 2.75) is 37.6 Å². The number of anilines is 3. The van der Waals surface area contributed by atoms with Crippen LogP contribution in [0, 0.1) is 30.0 Å². The van der Waals surface area contributed by atoms with Crippen LogP contribution in [0.4, 0.5) is 17.2 Å². The minimum atomic E-state index is -2.86. The molecule has 5 rings (SSSR count). The lowest BCUT2D eigenvalue weighted by Crippen LogP contribution is -2.49. The third-order valence-corrected chi connectivity index (χ3v) is 9.18. The molecule has 1 atom stereocenters. The molecule has 0 bridgehead atoms. The maximum absolute atomic E-state index is 13.6. The second-order valence-electron chi connectivity index (χ2n) is 10.9. The first-order valence-corrected chi connectivity index (χ1v) is 16.0. The summed E-state index contributed by atoms with van der Waals surface area (Å²) in [6.07, 6.45) is 3.26. The number of amides is 1. The highest BCUT2D eigenvalue weighted by molar-refractivity contribution is 7.91. The van der Waals surface area contributed by atoms with Crippen LogP contribution in [0.15, 0.2) is 59.5 Å². The molecule has 1 aromatic heterocycles. The number of nitriles is 1. The van der Waals surface area contributed by atoms with Gasteiger partial charge < -0.3 is 20.0 Å². The zero-order valence-corrected chi connectivity index (χ0v) is 24.7. The van der Waals surface area contributed by atoms with E-state index < -0.39 is 9.73 Å². The monoisotopic (exact) mass is 571 g/mol. The summed E-state index contributed by atoms with van der Waals surface area (Å²) in [7, 11) is -2.86. The van der Waals surface area contributed by atoms with Gasteiger partial charge in [-0.2, -0.15) is 5.26 Å². The molecule has 2 saturated heterocycles. The van der Waals surface area contributed by atoms with Crippen LogP contribution < -0.4 is 15.1 Å². The Bertz CT molecular complexity index is 1580. The highest BCUT2D eigenvalue weighted by Crippen LogP contribution is 2.28. The SMILES string of the molecule is Cc1cc(C)c(C(=O)N2CCN(c3ccccc3[S@](C)(=N)=O)CC2)nc1NC1CCN(c2ccccc2C#N)CC1. The van der Waals surface area contributed by atoms with Gasteiger partial charge in [-0.05, 0) is 62.1 Å². The van der Waals surface area contributed by atoms with Gasteiger partial charge in [-0.1, -0.05) is 30.3 Å². The molecule has 2 aliphatic rings. The largest absolute Gasteiger partial charge is 0.370 e. The fourth-order valence-electron chi connectivity index (χ4n) is 5.76. The number of carbonyl (C=O) groups is 1. The summed E-state index contributed by atoms with van der Waals surface area (Å²) in [6, 6.07) is 19.6. The summed E-state index contributed by atoms with van der Waals surface area (Å²) in [5, 5.41) is 13.1. The lowest BCUT2D eigenvalue weighted by Gasteiger charge is -2.37. The van der Waals surface area contributed by atoms with E-state index in [1.165, 1.54) is 6.26 Å². The van der Waals surface area contributed by atoms with Gasteiger partial charge in [-0.3, -0.25) is 4.79 Å². The standard InChI is InChI=1S/C31H37N7O2S/c1-22-20-23(2)30(34-25-12-14-36(15-13-25)26-9-5-4-8-24(26)21-32)35-29(22)31(39)38-18-16-37(17-19-38)27-10-6-7-11-28(27)41(3,33)40/h4-11,20,25,33H,12-19H2,1-3H3,(H,34,35)/t41-/m1/s1. The van der Waals surface area contributed by atoms with Crippen molar-refractivity contribution < 1.29 is 9.00 Å². The zero-order chi connectivity index (χ0) is 29.1. The van der Waals surface area contributed by atoms with Crippen molar-refractivity contribution in [1.82, 2.24) is 9.88 Å². The number of hydrogen-bond acceptors (Lipinski definition) is 8. The summed E-state index contributed by atoms with van der Waals surface area (Å²) in [4.78, 5) is 25.2. The Kier molecular flexibility index (Phi) is 8.18. The smallest absolute Gasteiger partial charge is 0.272 e. The van der Waals surface area contributed by atoms with Crippen LogP contribution in [0.1, 0.15) is 40.0 Å². The zero-order valence-electron chi connectivity index (χ0n) is 23.9. The Morgan fingerprint density at radius 1 is 0.951 bits per heavy atom. The van der Waals surface area contributed by atoms with E-state index in [0.29, 0.717) is 42.3 Å². The third-order valence-electron chi connectivity index (χ3n) is 8.00. The summed E-state index contributed by atoms with van der Waals surface area (Å²) < 4.78 is 20.6. The lowest BCUT2D eigenvalue weighted by molar-refractivity contribution is 0.0740. The fraction of sp³-hybridized carbons (Fsp3) is 0.387. The van der Waals surface area contributed by atoms with Gasteiger partial charge in [0.2, 0.25) is 0 Å². The van der Waals surface area contributed by atoms with Gasteiger partial charge in [-0.15, -0.1) is 0 Å². The minimum Gasteiger partial charge on any atom is -0.370 e. The third kappa shape index (κ3) is 6.15. The quantitative estimate of drug-likeness (QED) is 0.442. The average molecular weight is 572 g/mol. The van der Waals surface area contributed by atoms with Crippen molar-refractivity contribution in [1.29, 1.82) is 10.0 Å². The van der Waals surface area contributed by atoms with Crippen LogP contribution in [0.2, 0.25) is 0 Å². The predicted octanol–water partition coefficient (Wildman–Crippen LogP) is 4.65. The van der Waals surface area contributed by atoms with Gasteiger partial charge in [0.05, 0.1) is 31.6 Å². The fourth-order valence-corrected chi connectivity index (χ4v) is 6.70. The Hall–Kier alpha value is -4.10. The average Bonchev–Trinajstić information content (AvgIpc) is 2.98. The van der Waals surface area contributed by atoms with Crippen molar-refractivity contribution in [3.63, 3.8) is 0 Å². The number of carbonyl (C=O) groups excluding carboxylic acids is 1. The highest BCUT2D eigenvalue weighted by Gasteiger charge is 2.28. The predicted molar refractivity (Wildman–Crippen MR) is 163 cm³/mol. The first kappa shape index (κ1) is 28.4. The van der Waals surface area contributed by atoms with E-state index in [2.05, 4.69) is 21.2 Å². The normalized spacial score (nSPS) is 17.6. The molecule has 3 aromatic rings. The van der Waals surface area contributed by atoms with E-state index in [4.69, 9.17) is 9.76 Å². The number of rotatable bonds is 6. The summed E-state index contributed by atoms with van der Waals surface area (Å²) >= 11 is 0. The number of piperidine rings is 1. The van der Waals surface area contributed by atoms with Gasteiger partial charge in [0.1, 0.15) is 17.6 Å². The van der Waals surface area contributed by atoms with Gasteiger partial charge in [-0.25, -0.2) is 14.0 Å². The van der Waals surface area contributed by atoms with E-state index in [9.17, 15) is 14.3 Å². The summed E-state index contributed by atoms with van der Waals surface area (Å²) in [5.41, 5.74) is 4.82. The number of nitrogens with one attached hydrogen (secondary N) is 2. The summed E-state index contributed by atoms with van der Waals surface area (Å²) in [6.45, 7) is 7.88. The van der Waals surface area contributed by atoms with Gasteiger partial charge in [0.15, 0.2) is 0 Å². The van der Waals surface area contributed by atoms with Crippen LogP contribution in [-0.4, -0.2) is 71.6 Å². The molecule has 41 heavy (non-hydrogen) atoms. The Labute approximate surface area is 242 Å². The van der Waals surface area contributed by atoms with E-state index >= 15 is 0 Å². The molecule has 9 nitrogen and oxygen atoms in total. The molecular formula is C31H37N7O2S. The molecule has 10 heteroatoms. The first-order valence-electron chi connectivity index (χ1n) is 14.0. The number of hydrogen-bond donors (Lipinski definition) is 2. The molecular weight excluding hydrogens is 534 g/mol. The van der Waals surface area contributed by atoms with Crippen molar-refractivity contribution in [3.8, 4) is 6.07 Å². The molecule has 0 spiro atoms. The second-order valence-corrected chi connectivity index (χ2v) is 13.1. The van der Waals surface area contributed by atoms with E-state index in [1.54, 1.807) is 6.07 Å². The molecule has 3 heterocycles. The molecule has 0 radical (unpaired) electrons. The molecule has 0 unspecified atom stereocenters. The van der Waals surface area contributed by atoms with Crippen LogP contribution >= 0.6 is 0 Å². The van der Waals surface area contributed by atoms with E-state index in [0.717, 1.165) is 54.3 Å². The molecule has 1 amide bonds.